The molecule has 0 aromatic carbocycles. The van der Waals surface area contributed by atoms with Gasteiger partial charge in [0.2, 0.25) is 0 Å². The van der Waals surface area contributed by atoms with E-state index in [1.807, 2.05) is 0 Å². The fraction of sp³-hybridized carbons (Fsp3) is 0.909. The topological polar surface area (TPSA) is 17.1 Å². The van der Waals surface area contributed by atoms with E-state index in [0.29, 0.717) is 11.7 Å². The lowest BCUT2D eigenvalue weighted by Crippen LogP contribution is -2.33. The van der Waals surface area contributed by atoms with Crippen LogP contribution in [-0.4, -0.2) is 5.78 Å². The van der Waals surface area contributed by atoms with Crippen LogP contribution in [0, 0.1) is 17.3 Å². The van der Waals surface area contributed by atoms with E-state index in [-0.39, 0.29) is 5.41 Å². The second kappa shape index (κ2) is 2.58. The predicted octanol–water partition coefficient (Wildman–Crippen LogP) is 2.79. The highest BCUT2D eigenvalue weighted by Gasteiger charge is 2.53. The molecule has 0 bridgehead atoms. The van der Waals surface area contributed by atoms with Crippen molar-refractivity contribution >= 4 is 5.78 Å². The Morgan fingerprint density at radius 3 is 2.67 bits per heavy atom. The van der Waals surface area contributed by atoms with Crippen LogP contribution in [0.25, 0.3) is 0 Å². The second-order valence-corrected chi connectivity index (χ2v) is 4.66. The molecule has 12 heavy (non-hydrogen) atoms. The van der Waals surface area contributed by atoms with E-state index >= 15 is 0 Å². The average Bonchev–Trinajstić information content (AvgIpc) is 2.52. The zero-order valence-corrected chi connectivity index (χ0v) is 8.10. The third-order valence-electron chi connectivity index (χ3n) is 4.35. The lowest BCUT2D eigenvalue weighted by molar-refractivity contribution is -0.129. The van der Waals surface area contributed by atoms with Gasteiger partial charge in [-0.05, 0) is 44.4 Å². The highest BCUT2D eigenvalue weighted by molar-refractivity contribution is 5.83. The molecule has 0 heterocycles. The van der Waals surface area contributed by atoms with Gasteiger partial charge in [-0.3, -0.25) is 4.79 Å². The van der Waals surface area contributed by atoms with Crippen molar-refractivity contribution in [2.24, 2.45) is 17.3 Å². The Hall–Kier alpha value is -0.330. The molecular weight excluding hydrogens is 148 g/mol. The molecule has 0 spiro atoms. The van der Waals surface area contributed by atoms with Crippen LogP contribution in [0.2, 0.25) is 0 Å². The molecule has 3 atom stereocenters. The minimum atomic E-state index is 0.125. The molecule has 2 fully saturated rings. The smallest absolute Gasteiger partial charge is 0.136 e. The van der Waals surface area contributed by atoms with E-state index in [1.165, 1.54) is 32.1 Å². The summed E-state index contributed by atoms with van der Waals surface area (Å²) >= 11 is 0. The Morgan fingerprint density at radius 2 is 2.08 bits per heavy atom. The van der Waals surface area contributed by atoms with Gasteiger partial charge in [-0.2, -0.15) is 0 Å². The first-order valence-corrected chi connectivity index (χ1v) is 5.19. The summed E-state index contributed by atoms with van der Waals surface area (Å²) < 4.78 is 0. The molecular formula is C11H18O. The van der Waals surface area contributed by atoms with Crippen LogP contribution in [0.3, 0.4) is 0 Å². The molecule has 2 aliphatic rings. The van der Waals surface area contributed by atoms with E-state index in [0.717, 1.165) is 5.92 Å². The summed E-state index contributed by atoms with van der Waals surface area (Å²) in [7, 11) is 0. The molecule has 2 saturated carbocycles. The number of carbonyl (C=O) groups is 1. The van der Waals surface area contributed by atoms with Gasteiger partial charge < -0.3 is 0 Å². The summed E-state index contributed by atoms with van der Waals surface area (Å²) in [5.74, 6) is 1.86. The molecule has 0 saturated heterocycles. The van der Waals surface area contributed by atoms with E-state index in [4.69, 9.17) is 0 Å². The van der Waals surface area contributed by atoms with Gasteiger partial charge in [0.25, 0.3) is 0 Å². The molecule has 1 heteroatoms. The van der Waals surface area contributed by atoms with Crippen molar-refractivity contribution in [3.05, 3.63) is 0 Å². The summed E-state index contributed by atoms with van der Waals surface area (Å²) in [5, 5.41) is 0. The van der Waals surface area contributed by atoms with Gasteiger partial charge in [0.1, 0.15) is 5.78 Å². The van der Waals surface area contributed by atoms with Crippen molar-refractivity contribution in [2.45, 2.75) is 46.0 Å². The van der Waals surface area contributed by atoms with Gasteiger partial charge in [0, 0.05) is 5.41 Å². The maximum absolute atomic E-state index is 11.7. The van der Waals surface area contributed by atoms with Crippen molar-refractivity contribution in [3.8, 4) is 0 Å². The molecule has 68 valence electrons. The van der Waals surface area contributed by atoms with E-state index < -0.39 is 0 Å². The van der Waals surface area contributed by atoms with Crippen LogP contribution in [0.4, 0.5) is 0 Å². The van der Waals surface area contributed by atoms with Gasteiger partial charge in [0.05, 0.1) is 0 Å². The highest BCUT2D eigenvalue weighted by Crippen LogP contribution is 2.57. The molecule has 1 nitrogen and oxygen atoms in total. The standard InChI is InChI=1S/C11H18O/c1-8-5-6-10-4-3-7-11(8,10)9(2)12/h8,10H,3-7H2,1-2H3/t8-,10-,11?/m1/s1. The van der Waals surface area contributed by atoms with Gasteiger partial charge in [-0.25, -0.2) is 0 Å². The number of ketones is 1. The first-order valence-electron chi connectivity index (χ1n) is 5.19. The van der Waals surface area contributed by atoms with Crippen LogP contribution >= 0.6 is 0 Å². The molecule has 2 rings (SSSR count). The average molecular weight is 166 g/mol. The fourth-order valence-electron chi connectivity index (χ4n) is 3.67. The lowest BCUT2D eigenvalue weighted by Gasteiger charge is -2.30. The van der Waals surface area contributed by atoms with Crippen molar-refractivity contribution < 1.29 is 4.79 Å². The minimum Gasteiger partial charge on any atom is -0.299 e. The molecule has 1 unspecified atom stereocenters. The Morgan fingerprint density at radius 1 is 1.33 bits per heavy atom. The Labute approximate surface area is 74.5 Å². The largest absolute Gasteiger partial charge is 0.299 e. The SMILES string of the molecule is CC(=O)C12CCC[C@@H]1CC[C@H]2C. The maximum Gasteiger partial charge on any atom is 0.136 e. The predicted molar refractivity (Wildman–Crippen MR) is 48.9 cm³/mol. The summed E-state index contributed by atoms with van der Waals surface area (Å²) in [5.41, 5.74) is 0.125. The fourth-order valence-corrected chi connectivity index (χ4v) is 3.67. The first-order chi connectivity index (χ1) is 5.68. The van der Waals surface area contributed by atoms with Crippen LogP contribution in [0.15, 0.2) is 0 Å². The molecule has 0 N–H and O–H groups in total. The van der Waals surface area contributed by atoms with Crippen molar-refractivity contribution in [1.82, 2.24) is 0 Å². The molecule has 0 aromatic rings. The second-order valence-electron chi connectivity index (χ2n) is 4.66. The highest BCUT2D eigenvalue weighted by atomic mass is 16.1. The number of carbonyl (C=O) groups excluding carboxylic acids is 1. The molecule has 0 amide bonds. The van der Waals surface area contributed by atoms with Gasteiger partial charge >= 0.3 is 0 Å². The van der Waals surface area contributed by atoms with E-state index in [1.54, 1.807) is 6.92 Å². The Bertz CT molecular complexity index is 209. The molecule has 0 aliphatic heterocycles. The van der Waals surface area contributed by atoms with Crippen LogP contribution < -0.4 is 0 Å². The normalized spacial score (nSPS) is 46.2. The molecule has 0 radical (unpaired) electrons. The van der Waals surface area contributed by atoms with Gasteiger partial charge in [0.15, 0.2) is 0 Å². The summed E-state index contributed by atoms with van der Waals surface area (Å²) in [4.78, 5) is 11.7. The summed E-state index contributed by atoms with van der Waals surface area (Å²) in [6.45, 7) is 4.08. The Kier molecular flexibility index (Phi) is 1.78. The number of hydrogen-bond acceptors (Lipinski definition) is 1. The van der Waals surface area contributed by atoms with Crippen LogP contribution in [0.1, 0.15) is 46.0 Å². The number of Topliss-reactive ketones (excluding diaryl/α,β-unsaturated/α-hetero) is 1. The molecule has 0 aromatic heterocycles. The maximum atomic E-state index is 11.7. The zero-order chi connectivity index (χ0) is 8.77. The van der Waals surface area contributed by atoms with Crippen molar-refractivity contribution in [3.63, 3.8) is 0 Å². The van der Waals surface area contributed by atoms with Gasteiger partial charge in [-0.15, -0.1) is 0 Å². The summed E-state index contributed by atoms with van der Waals surface area (Å²) in [6.07, 6.45) is 6.36. The van der Waals surface area contributed by atoms with Crippen LogP contribution in [0.5, 0.6) is 0 Å². The number of hydrogen-bond donors (Lipinski definition) is 0. The van der Waals surface area contributed by atoms with E-state index in [2.05, 4.69) is 6.92 Å². The quantitative estimate of drug-likeness (QED) is 0.585. The van der Waals surface area contributed by atoms with E-state index in [9.17, 15) is 4.79 Å². The first kappa shape index (κ1) is 8.28. The summed E-state index contributed by atoms with van der Waals surface area (Å²) in [6, 6.07) is 0. The van der Waals surface area contributed by atoms with Crippen molar-refractivity contribution in [2.75, 3.05) is 0 Å². The minimum absolute atomic E-state index is 0.125. The molecule has 2 aliphatic carbocycles. The third kappa shape index (κ3) is 0.826. The number of rotatable bonds is 1. The third-order valence-corrected chi connectivity index (χ3v) is 4.35. The monoisotopic (exact) mass is 166 g/mol. The van der Waals surface area contributed by atoms with Crippen LogP contribution in [-0.2, 0) is 4.79 Å². The lowest BCUT2D eigenvalue weighted by atomic mass is 9.71. The zero-order valence-electron chi connectivity index (χ0n) is 8.10. The van der Waals surface area contributed by atoms with Crippen molar-refractivity contribution in [1.29, 1.82) is 0 Å². The Balaban J connectivity index is 2.33. The number of fused-ring (bicyclic) bond motifs is 1. The van der Waals surface area contributed by atoms with Gasteiger partial charge in [-0.1, -0.05) is 13.3 Å².